The summed E-state index contributed by atoms with van der Waals surface area (Å²) < 4.78 is 0. The maximum atomic E-state index is 5.50. The van der Waals surface area contributed by atoms with Crippen molar-refractivity contribution >= 4 is 18.3 Å². The third-order valence-corrected chi connectivity index (χ3v) is 1.70. The van der Waals surface area contributed by atoms with E-state index in [4.69, 9.17) is 24.1 Å². The van der Waals surface area contributed by atoms with Crippen LogP contribution in [-0.2, 0) is 19.2 Å². The molecule has 4 heteroatoms. The van der Waals surface area contributed by atoms with Crippen molar-refractivity contribution in [1.82, 2.24) is 0 Å². The molecule has 1 aromatic carbocycles. The number of rotatable bonds is 1. The average molecular weight is 239 g/mol. The fourth-order valence-corrected chi connectivity index (χ4v) is 0.969. The second-order valence-corrected chi connectivity index (χ2v) is 2.51. The van der Waals surface area contributed by atoms with Crippen LogP contribution < -0.4 is 69.7 Å². The standard InChI is InChI=1S/C7H10N2S.Rb/c8-4-5-3-6(9)1-2-7(5)10;/h1-3,10H,4,8-9H2;/q;+1/p-1. The summed E-state index contributed by atoms with van der Waals surface area (Å²) in [7, 11) is 0. The molecule has 0 aromatic heterocycles. The van der Waals surface area contributed by atoms with Gasteiger partial charge in [-0.05, 0) is 12.1 Å². The van der Waals surface area contributed by atoms with Gasteiger partial charge in [-0.1, -0.05) is 11.6 Å². The Kier molecular flexibility index (Phi) is 6.13. The van der Waals surface area contributed by atoms with Gasteiger partial charge in [0.1, 0.15) is 0 Å². The third kappa shape index (κ3) is 3.48. The van der Waals surface area contributed by atoms with E-state index in [2.05, 4.69) is 0 Å². The van der Waals surface area contributed by atoms with E-state index < -0.39 is 0 Å². The number of nitrogen functional groups attached to an aromatic ring is 1. The second kappa shape index (κ2) is 5.62. The Morgan fingerprint density at radius 1 is 1.36 bits per heavy atom. The van der Waals surface area contributed by atoms with E-state index in [0.29, 0.717) is 12.2 Å². The molecule has 4 N–H and O–H groups in total. The van der Waals surface area contributed by atoms with Gasteiger partial charge in [0.25, 0.3) is 0 Å². The van der Waals surface area contributed by atoms with E-state index in [0.717, 1.165) is 10.5 Å². The molecule has 0 aliphatic carbocycles. The van der Waals surface area contributed by atoms with E-state index in [1.54, 1.807) is 12.1 Å². The SMILES string of the molecule is NCc1cc(N)ccc1[S-].[Rb+]. The minimum absolute atomic E-state index is 0. The number of hydrogen-bond donors (Lipinski definition) is 2. The monoisotopic (exact) mass is 238 g/mol. The van der Waals surface area contributed by atoms with E-state index >= 15 is 0 Å². The van der Waals surface area contributed by atoms with Crippen LogP contribution in [0.5, 0.6) is 0 Å². The summed E-state index contributed by atoms with van der Waals surface area (Å²) in [5, 5.41) is 0. The van der Waals surface area contributed by atoms with Crippen molar-refractivity contribution in [3.63, 3.8) is 0 Å². The van der Waals surface area contributed by atoms with Crippen molar-refractivity contribution < 1.29 is 58.2 Å². The Hall–Kier alpha value is 1.01. The van der Waals surface area contributed by atoms with Crippen LogP contribution in [0.1, 0.15) is 5.56 Å². The molecule has 0 fully saturated rings. The first kappa shape index (κ1) is 12.0. The molecule has 1 aromatic rings. The van der Waals surface area contributed by atoms with Crippen molar-refractivity contribution in [2.45, 2.75) is 11.4 Å². The van der Waals surface area contributed by atoms with Crippen molar-refractivity contribution in [1.29, 1.82) is 0 Å². The molecular weight excluding hydrogens is 230 g/mol. The zero-order valence-corrected chi connectivity index (χ0v) is 12.2. The number of nitrogens with two attached hydrogens (primary N) is 2. The fraction of sp³-hybridized carbons (Fsp3) is 0.143. The maximum absolute atomic E-state index is 5.50. The number of hydrogen-bond acceptors (Lipinski definition) is 3. The van der Waals surface area contributed by atoms with Crippen LogP contribution in [0.25, 0.3) is 0 Å². The fourth-order valence-electron chi connectivity index (χ4n) is 0.759. The average Bonchev–Trinajstić information content (AvgIpc) is 1.94. The summed E-state index contributed by atoms with van der Waals surface area (Å²) in [6.45, 7) is 0.462. The Labute approximate surface area is 121 Å². The van der Waals surface area contributed by atoms with Gasteiger partial charge in [0, 0.05) is 12.2 Å². The van der Waals surface area contributed by atoms with E-state index in [-0.39, 0.29) is 58.2 Å². The molecule has 0 heterocycles. The molecule has 0 radical (unpaired) electrons. The molecule has 54 valence electrons. The molecule has 1 rings (SSSR count). The summed E-state index contributed by atoms with van der Waals surface area (Å²) in [6, 6.07) is 5.39. The Morgan fingerprint density at radius 2 is 2.00 bits per heavy atom. The first-order valence-corrected chi connectivity index (χ1v) is 3.40. The minimum atomic E-state index is 0. The Morgan fingerprint density at radius 3 is 2.45 bits per heavy atom. The molecule has 0 saturated carbocycles. The van der Waals surface area contributed by atoms with Gasteiger partial charge >= 0.3 is 58.2 Å². The summed E-state index contributed by atoms with van der Waals surface area (Å²) >= 11 is 4.98. The zero-order valence-electron chi connectivity index (χ0n) is 6.50. The molecule has 0 spiro atoms. The van der Waals surface area contributed by atoms with Gasteiger partial charge < -0.3 is 24.1 Å². The summed E-state index contributed by atoms with van der Waals surface area (Å²) in [5.41, 5.74) is 12.6. The van der Waals surface area contributed by atoms with Gasteiger partial charge in [0.2, 0.25) is 0 Å². The largest absolute Gasteiger partial charge is 1.00 e. The van der Waals surface area contributed by atoms with Crippen LogP contribution in [0, 0.1) is 0 Å². The molecule has 0 bridgehead atoms. The van der Waals surface area contributed by atoms with E-state index in [1.165, 1.54) is 0 Å². The molecular formula is C7H9N2RbS. The van der Waals surface area contributed by atoms with Crippen LogP contribution in [0.2, 0.25) is 0 Å². The maximum Gasteiger partial charge on any atom is 1.00 e. The Balaban J connectivity index is 0.000001000. The normalized spacial score (nSPS) is 8.82. The van der Waals surface area contributed by atoms with Crippen molar-refractivity contribution in [2.75, 3.05) is 5.73 Å². The molecule has 0 atom stereocenters. The molecule has 0 saturated heterocycles. The summed E-state index contributed by atoms with van der Waals surface area (Å²) in [5.74, 6) is 0. The minimum Gasteiger partial charge on any atom is -0.779 e. The molecule has 0 unspecified atom stereocenters. The second-order valence-electron chi connectivity index (χ2n) is 2.07. The summed E-state index contributed by atoms with van der Waals surface area (Å²) in [4.78, 5) is 0.789. The van der Waals surface area contributed by atoms with Gasteiger partial charge in [-0.15, -0.1) is 0 Å². The van der Waals surface area contributed by atoms with Gasteiger partial charge in [0.05, 0.1) is 0 Å². The van der Waals surface area contributed by atoms with Crippen molar-refractivity contribution in [3.05, 3.63) is 23.8 Å². The van der Waals surface area contributed by atoms with Crippen LogP contribution >= 0.6 is 0 Å². The first-order valence-electron chi connectivity index (χ1n) is 2.99. The predicted octanol–water partition coefficient (Wildman–Crippen LogP) is -2.36. The van der Waals surface area contributed by atoms with Crippen LogP contribution in [-0.4, -0.2) is 0 Å². The zero-order chi connectivity index (χ0) is 7.56. The van der Waals surface area contributed by atoms with Crippen LogP contribution in [0.4, 0.5) is 5.69 Å². The van der Waals surface area contributed by atoms with Gasteiger partial charge in [-0.25, -0.2) is 0 Å². The van der Waals surface area contributed by atoms with Gasteiger partial charge in [-0.2, -0.15) is 4.90 Å². The quantitative estimate of drug-likeness (QED) is 0.425. The smallest absolute Gasteiger partial charge is 0.779 e. The van der Waals surface area contributed by atoms with Gasteiger partial charge in [0.15, 0.2) is 0 Å². The molecule has 11 heavy (non-hydrogen) atoms. The van der Waals surface area contributed by atoms with Crippen molar-refractivity contribution in [2.24, 2.45) is 5.73 Å². The van der Waals surface area contributed by atoms with Gasteiger partial charge in [-0.3, -0.25) is 0 Å². The van der Waals surface area contributed by atoms with Crippen molar-refractivity contribution in [3.8, 4) is 0 Å². The third-order valence-electron chi connectivity index (χ3n) is 1.30. The summed E-state index contributed by atoms with van der Waals surface area (Å²) in [6.07, 6.45) is 0. The molecule has 2 nitrogen and oxygen atoms in total. The number of benzene rings is 1. The number of anilines is 1. The topological polar surface area (TPSA) is 52.0 Å². The van der Waals surface area contributed by atoms with Crippen LogP contribution in [0.3, 0.4) is 0 Å². The Bertz CT molecular complexity index is 240. The molecule has 0 aliphatic rings. The van der Waals surface area contributed by atoms with Crippen LogP contribution in [0.15, 0.2) is 23.1 Å². The predicted molar refractivity (Wildman–Crippen MR) is 44.4 cm³/mol. The van der Waals surface area contributed by atoms with E-state index in [1.807, 2.05) is 6.07 Å². The molecule has 0 amide bonds. The van der Waals surface area contributed by atoms with E-state index in [9.17, 15) is 0 Å². The first-order chi connectivity index (χ1) is 4.74. The molecule has 0 aliphatic heterocycles.